The standard InChI is InChI=1S/C24H23FN6O3/c1-15(16-6-4-3-5-7-16)27-23(32)29-21-12-17-13-26-31(19-10-8-18(25)9-11-19)22(17)20(28-21)14-30(2)24(33)34/h3-13,15H,14H2,1-2H3,(H,33,34)(H2,27,28,29,32)/t15-/m1/s1. The predicted octanol–water partition coefficient (Wildman–Crippen LogP) is 4.55. The van der Waals surface area contributed by atoms with Crippen LogP contribution in [0.5, 0.6) is 0 Å². The van der Waals surface area contributed by atoms with Gasteiger partial charge in [0.1, 0.15) is 11.6 Å². The zero-order valence-electron chi connectivity index (χ0n) is 18.6. The number of benzene rings is 2. The van der Waals surface area contributed by atoms with Gasteiger partial charge >= 0.3 is 12.1 Å². The number of halogens is 1. The molecule has 0 aliphatic heterocycles. The Morgan fingerprint density at radius 1 is 1.15 bits per heavy atom. The number of urea groups is 1. The van der Waals surface area contributed by atoms with Gasteiger partial charge in [-0.05, 0) is 42.8 Å². The van der Waals surface area contributed by atoms with Crippen molar-refractivity contribution in [2.24, 2.45) is 0 Å². The highest BCUT2D eigenvalue weighted by Crippen LogP contribution is 2.25. The highest BCUT2D eigenvalue weighted by atomic mass is 19.1. The summed E-state index contributed by atoms with van der Waals surface area (Å²) in [6.07, 6.45) is 0.455. The third-order valence-electron chi connectivity index (χ3n) is 5.29. The summed E-state index contributed by atoms with van der Waals surface area (Å²) in [5, 5.41) is 20.0. The first-order valence-electron chi connectivity index (χ1n) is 10.5. The maximum atomic E-state index is 13.4. The van der Waals surface area contributed by atoms with Crippen molar-refractivity contribution in [3.8, 4) is 5.69 Å². The molecule has 4 rings (SSSR count). The molecule has 0 aliphatic carbocycles. The highest BCUT2D eigenvalue weighted by molar-refractivity contribution is 5.92. The molecule has 2 aromatic heterocycles. The number of nitrogens with zero attached hydrogens (tertiary/aromatic N) is 4. The first-order chi connectivity index (χ1) is 16.3. The summed E-state index contributed by atoms with van der Waals surface area (Å²) < 4.78 is 15.0. The molecule has 4 aromatic rings. The molecule has 1 atom stereocenters. The van der Waals surface area contributed by atoms with Crippen LogP contribution in [0, 0.1) is 5.82 Å². The molecule has 9 nitrogen and oxygen atoms in total. The number of carbonyl (C=O) groups excluding carboxylic acids is 1. The number of carboxylic acid groups (broad SMARTS) is 1. The number of anilines is 1. The molecule has 2 aromatic carbocycles. The van der Waals surface area contributed by atoms with E-state index in [1.807, 2.05) is 37.3 Å². The van der Waals surface area contributed by atoms with E-state index in [1.165, 1.54) is 19.2 Å². The Morgan fingerprint density at radius 2 is 1.85 bits per heavy atom. The van der Waals surface area contributed by atoms with Gasteiger partial charge in [0.15, 0.2) is 0 Å². The SMILES string of the molecule is C[C@@H](NC(=O)Nc1cc2cnn(-c3ccc(F)cc3)c2c(CN(C)C(=O)O)n1)c1ccccc1. The lowest BCUT2D eigenvalue weighted by Gasteiger charge is -2.17. The van der Waals surface area contributed by atoms with Crippen LogP contribution in [0.15, 0.2) is 66.9 Å². The van der Waals surface area contributed by atoms with Gasteiger partial charge in [0.2, 0.25) is 0 Å². The van der Waals surface area contributed by atoms with Gasteiger partial charge in [-0.1, -0.05) is 30.3 Å². The number of amides is 3. The van der Waals surface area contributed by atoms with Crippen LogP contribution in [0.2, 0.25) is 0 Å². The van der Waals surface area contributed by atoms with Crippen LogP contribution in [-0.4, -0.2) is 43.9 Å². The van der Waals surface area contributed by atoms with Gasteiger partial charge in [0.25, 0.3) is 0 Å². The minimum absolute atomic E-state index is 0.0454. The van der Waals surface area contributed by atoms with Gasteiger partial charge in [-0.2, -0.15) is 5.10 Å². The number of rotatable bonds is 6. The highest BCUT2D eigenvalue weighted by Gasteiger charge is 2.18. The molecular weight excluding hydrogens is 439 g/mol. The molecular formula is C24H23FN6O3. The van der Waals surface area contributed by atoms with Crippen molar-refractivity contribution in [1.29, 1.82) is 0 Å². The second-order valence-corrected chi connectivity index (χ2v) is 7.79. The topological polar surface area (TPSA) is 112 Å². The van der Waals surface area contributed by atoms with Gasteiger partial charge in [-0.25, -0.2) is 23.6 Å². The van der Waals surface area contributed by atoms with Crippen molar-refractivity contribution in [1.82, 2.24) is 25.0 Å². The Labute approximate surface area is 194 Å². The van der Waals surface area contributed by atoms with Crippen LogP contribution in [-0.2, 0) is 6.54 Å². The first-order valence-corrected chi connectivity index (χ1v) is 10.5. The summed E-state index contributed by atoms with van der Waals surface area (Å²) in [5.74, 6) is -0.135. The van der Waals surface area contributed by atoms with E-state index >= 15 is 0 Å². The molecule has 0 radical (unpaired) electrons. The van der Waals surface area contributed by atoms with Gasteiger partial charge in [-0.3, -0.25) is 5.32 Å². The number of hydrogen-bond donors (Lipinski definition) is 3. The van der Waals surface area contributed by atoms with E-state index in [0.717, 1.165) is 10.5 Å². The normalized spacial score (nSPS) is 11.7. The number of aromatic nitrogens is 3. The third-order valence-corrected chi connectivity index (χ3v) is 5.29. The van der Waals surface area contributed by atoms with E-state index in [9.17, 15) is 19.1 Å². The second-order valence-electron chi connectivity index (χ2n) is 7.79. The Kier molecular flexibility index (Phi) is 6.39. The third kappa shape index (κ3) is 4.96. The predicted molar refractivity (Wildman–Crippen MR) is 125 cm³/mol. The fourth-order valence-corrected chi connectivity index (χ4v) is 3.55. The van der Waals surface area contributed by atoms with Crippen LogP contribution >= 0.6 is 0 Å². The molecule has 3 amide bonds. The molecule has 174 valence electrons. The van der Waals surface area contributed by atoms with Gasteiger partial charge < -0.3 is 15.3 Å². The van der Waals surface area contributed by atoms with Crippen LogP contribution < -0.4 is 10.6 Å². The van der Waals surface area contributed by atoms with Crippen molar-refractivity contribution in [2.45, 2.75) is 19.5 Å². The number of pyridine rings is 1. The fraction of sp³-hybridized carbons (Fsp3) is 0.167. The van der Waals surface area contributed by atoms with E-state index in [4.69, 9.17) is 0 Å². The molecule has 0 unspecified atom stereocenters. The van der Waals surface area contributed by atoms with Crippen LogP contribution in [0.4, 0.5) is 19.8 Å². The van der Waals surface area contributed by atoms with Crippen molar-refractivity contribution < 1.29 is 19.1 Å². The summed E-state index contributed by atoms with van der Waals surface area (Å²) in [6.45, 7) is 1.82. The molecule has 10 heteroatoms. The fourth-order valence-electron chi connectivity index (χ4n) is 3.55. The smallest absolute Gasteiger partial charge is 0.407 e. The van der Waals surface area contributed by atoms with Crippen LogP contribution in [0.1, 0.15) is 24.2 Å². The molecule has 2 heterocycles. The zero-order valence-corrected chi connectivity index (χ0v) is 18.6. The summed E-state index contributed by atoms with van der Waals surface area (Å²) in [6, 6.07) is 16.2. The van der Waals surface area contributed by atoms with Gasteiger partial charge in [0.05, 0.1) is 35.7 Å². The maximum absolute atomic E-state index is 13.4. The lowest BCUT2D eigenvalue weighted by atomic mass is 10.1. The number of carbonyl (C=O) groups is 2. The first kappa shape index (κ1) is 22.7. The number of fused-ring (bicyclic) bond motifs is 1. The van der Waals surface area contributed by atoms with Crippen LogP contribution in [0.3, 0.4) is 0 Å². The molecule has 0 saturated carbocycles. The Morgan fingerprint density at radius 3 is 2.53 bits per heavy atom. The maximum Gasteiger partial charge on any atom is 0.407 e. The molecule has 0 bridgehead atoms. The van der Waals surface area contributed by atoms with E-state index in [1.54, 1.807) is 29.1 Å². The van der Waals surface area contributed by atoms with Crippen molar-refractivity contribution in [2.75, 3.05) is 12.4 Å². The van der Waals surface area contributed by atoms with E-state index < -0.39 is 12.1 Å². The molecule has 3 N–H and O–H groups in total. The van der Waals surface area contributed by atoms with Gasteiger partial charge in [-0.15, -0.1) is 0 Å². The molecule has 0 spiro atoms. The summed E-state index contributed by atoms with van der Waals surface area (Å²) in [4.78, 5) is 29.6. The van der Waals surface area contributed by atoms with Crippen LogP contribution in [0.25, 0.3) is 16.6 Å². The lowest BCUT2D eigenvalue weighted by molar-refractivity contribution is 0.153. The molecule has 0 aliphatic rings. The quantitative estimate of drug-likeness (QED) is 0.389. The van der Waals surface area contributed by atoms with Crippen molar-refractivity contribution in [3.63, 3.8) is 0 Å². The average molecular weight is 462 g/mol. The minimum atomic E-state index is -1.13. The molecule has 0 saturated heterocycles. The Hall–Kier alpha value is -4.47. The molecule has 34 heavy (non-hydrogen) atoms. The van der Waals surface area contributed by atoms with Gasteiger partial charge in [0, 0.05) is 12.4 Å². The monoisotopic (exact) mass is 462 g/mol. The zero-order chi connectivity index (χ0) is 24.2. The lowest BCUT2D eigenvalue weighted by Crippen LogP contribution is -2.31. The van der Waals surface area contributed by atoms with E-state index in [0.29, 0.717) is 22.3 Å². The average Bonchev–Trinajstić information content (AvgIpc) is 3.24. The summed E-state index contributed by atoms with van der Waals surface area (Å²) in [7, 11) is 1.42. The summed E-state index contributed by atoms with van der Waals surface area (Å²) in [5.41, 5.74) is 2.48. The molecule has 0 fully saturated rings. The van der Waals surface area contributed by atoms with E-state index in [2.05, 4.69) is 20.7 Å². The number of nitrogens with one attached hydrogen (secondary N) is 2. The summed E-state index contributed by atoms with van der Waals surface area (Å²) >= 11 is 0. The van der Waals surface area contributed by atoms with Crippen molar-refractivity contribution >= 4 is 28.8 Å². The van der Waals surface area contributed by atoms with Crippen molar-refractivity contribution in [3.05, 3.63) is 83.9 Å². The number of hydrogen-bond acceptors (Lipinski definition) is 4. The Bertz CT molecular complexity index is 1320. The van der Waals surface area contributed by atoms with E-state index in [-0.39, 0.29) is 24.2 Å². The largest absolute Gasteiger partial charge is 0.465 e. The minimum Gasteiger partial charge on any atom is -0.465 e. The second kappa shape index (κ2) is 9.57. The Balaban J connectivity index is 1.66.